The van der Waals surface area contributed by atoms with E-state index in [-0.39, 0.29) is 17.3 Å². The lowest BCUT2D eigenvalue weighted by Crippen LogP contribution is -2.02. The number of ether oxygens (including phenoxy) is 1. The molecule has 0 unspecified atom stereocenters. The Morgan fingerprint density at radius 3 is 2.88 bits per heavy atom. The van der Waals surface area contributed by atoms with Gasteiger partial charge in [-0.25, -0.2) is 4.79 Å². The van der Waals surface area contributed by atoms with Gasteiger partial charge < -0.3 is 4.74 Å². The topological polar surface area (TPSA) is 69.4 Å². The van der Waals surface area contributed by atoms with Crippen molar-refractivity contribution in [2.24, 2.45) is 0 Å². The number of nitro groups is 1. The quantitative estimate of drug-likeness (QED) is 0.359. The summed E-state index contributed by atoms with van der Waals surface area (Å²) in [6, 6.07) is 4.35. The average Bonchev–Trinajstić information content (AvgIpc) is 2.27. The molecule has 0 saturated heterocycles. The van der Waals surface area contributed by atoms with Crippen molar-refractivity contribution >= 4 is 23.3 Å². The van der Waals surface area contributed by atoms with Crippen LogP contribution in [0.1, 0.15) is 12.5 Å². The van der Waals surface area contributed by atoms with Crippen LogP contribution in [0.2, 0.25) is 5.02 Å². The minimum absolute atomic E-state index is 0.00854. The van der Waals surface area contributed by atoms with Gasteiger partial charge in [0.1, 0.15) is 11.6 Å². The van der Waals surface area contributed by atoms with Crippen LogP contribution in [0.5, 0.6) is 0 Å². The SMILES string of the molecule is C/C=C/C(=O)OCc1cccc([N+](=O)[O-])c1Cl. The first-order valence-corrected chi connectivity index (χ1v) is 5.15. The zero-order valence-electron chi connectivity index (χ0n) is 9.05. The van der Waals surface area contributed by atoms with E-state index in [0.29, 0.717) is 5.56 Å². The molecule has 5 nitrogen and oxygen atoms in total. The zero-order valence-corrected chi connectivity index (χ0v) is 9.81. The molecule has 0 radical (unpaired) electrons. The molecule has 0 aromatic heterocycles. The maximum absolute atomic E-state index is 11.1. The predicted molar refractivity (Wildman–Crippen MR) is 62.7 cm³/mol. The number of carbonyl (C=O) groups excluding carboxylic acids is 1. The van der Waals surface area contributed by atoms with Crippen LogP contribution in [-0.4, -0.2) is 10.9 Å². The first-order valence-electron chi connectivity index (χ1n) is 4.77. The number of hydrogen-bond donors (Lipinski definition) is 0. The van der Waals surface area contributed by atoms with Crippen LogP contribution in [0.3, 0.4) is 0 Å². The highest BCUT2D eigenvalue weighted by Gasteiger charge is 2.15. The van der Waals surface area contributed by atoms with E-state index in [1.165, 1.54) is 24.3 Å². The first kappa shape index (κ1) is 13.2. The van der Waals surface area contributed by atoms with Crippen molar-refractivity contribution in [1.82, 2.24) is 0 Å². The van der Waals surface area contributed by atoms with Crippen LogP contribution in [-0.2, 0) is 16.1 Å². The molecule has 0 spiro atoms. The molecule has 0 bridgehead atoms. The van der Waals surface area contributed by atoms with Gasteiger partial charge in [-0.3, -0.25) is 10.1 Å². The lowest BCUT2D eigenvalue weighted by atomic mass is 10.2. The standard InChI is InChI=1S/C11H10ClNO4/c1-2-4-10(14)17-7-8-5-3-6-9(11(8)12)13(15)16/h2-6H,7H2,1H3/b4-2+. The number of halogens is 1. The van der Waals surface area contributed by atoms with Gasteiger partial charge in [-0.1, -0.05) is 29.8 Å². The fraction of sp³-hybridized carbons (Fsp3) is 0.182. The summed E-state index contributed by atoms with van der Waals surface area (Å²) in [5.74, 6) is -0.518. The summed E-state index contributed by atoms with van der Waals surface area (Å²) >= 11 is 5.81. The highest BCUT2D eigenvalue weighted by atomic mass is 35.5. The molecule has 1 rings (SSSR count). The Kier molecular flexibility index (Phi) is 4.66. The third kappa shape index (κ3) is 3.57. The molecular formula is C11H10ClNO4. The van der Waals surface area contributed by atoms with Crippen molar-refractivity contribution in [2.45, 2.75) is 13.5 Å². The number of nitro benzene ring substituents is 1. The summed E-state index contributed by atoms with van der Waals surface area (Å²) in [6.45, 7) is 1.59. The molecule has 0 amide bonds. The van der Waals surface area contributed by atoms with Gasteiger partial charge in [0.2, 0.25) is 0 Å². The molecule has 0 aliphatic carbocycles. The predicted octanol–water partition coefficient (Wildman–Crippen LogP) is 2.87. The van der Waals surface area contributed by atoms with Gasteiger partial charge in [-0.15, -0.1) is 0 Å². The average molecular weight is 256 g/mol. The minimum atomic E-state index is -0.584. The van der Waals surface area contributed by atoms with Gasteiger partial charge in [-0.2, -0.15) is 0 Å². The van der Waals surface area contributed by atoms with Crippen molar-refractivity contribution < 1.29 is 14.5 Å². The summed E-state index contributed by atoms with van der Waals surface area (Å²) in [5.41, 5.74) is 0.199. The summed E-state index contributed by atoms with van der Waals surface area (Å²) in [7, 11) is 0. The number of carbonyl (C=O) groups is 1. The summed E-state index contributed by atoms with van der Waals surface area (Å²) in [5, 5.41) is 10.6. The van der Waals surface area contributed by atoms with Gasteiger partial charge in [0.25, 0.3) is 5.69 Å². The van der Waals surface area contributed by atoms with Crippen LogP contribution >= 0.6 is 11.6 Å². The molecule has 6 heteroatoms. The van der Waals surface area contributed by atoms with Gasteiger partial charge in [0, 0.05) is 17.7 Å². The minimum Gasteiger partial charge on any atom is -0.458 e. The lowest BCUT2D eigenvalue weighted by molar-refractivity contribution is -0.384. The van der Waals surface area contributed by atoms with E-state index in [4.69, 9.17) is 16.3 Å². The van der Waals surface area contributed by atoms with Gasteiger partial charge in [-0.05, 0) is 6.92 Å². The second-order valence-electron chi connectivity index (χ2n) is 3.12. The van der Waals surface area contributed by atoms with Crippen molar-refractivity contribution in [3.63, 3.8) is 0 Å². The van der Waals surface area contributed by atoms with Crippen LogP contribution in [0.25, 0.3) is 0 Å². The van der Waals surface area contributed by atoms with Crippen LogP contribution in [0.15, 0.2) is 30.4 Å². The van der Waals surface area contributed by atoms with Crippen LogP contribution in [0.4, 0.5) is 5.69 Å². The van der Waals surface area contributed by atoms with E-state index < -0.39 is 10.9 Å². The van der Waals surface area contributed by atoms with E-state index in [1.54, 1.807) is 13.0 Å². The van der Waals surface area contributed by atoms with E-state index >= 15 is 0 Å². The van der Waals surface area contributed by atoms with Crippen molar-refractivity contribution in [3.8, 4) is 0 Å². The van der Waals surface area contributed by atoms with E-state index in [0.717, 1.165) is 0 Å². The molecule has 0 aliphatic heterocycles. The normalized spacial score (nSPS) is 10.5. The monoisotopic (exact) mass is 255 g/mol. The third-order valence-corrected chi connectivity index (χ3v) is 2.36. The number of benzene rings is 1. The van der Waals surface area contributed by atoms with E-state index in [2.05, 4.69) is 0 Å². The van der Waals surface area contributed by atoms with Crippen LogP contribution < -0.4 is 0 Å². The van der Waals surface area contributed by atoms with Crippen LogP contribution in [0, 0.1) is 10.1 Å². The molecule has 1 aromatic carbocycles. The Balaban J connectivity index is 2.82. The van der Waals surface area contributed by atoms with Crippen molar-refractivity contribution in [1.29, 1.82) is 0 Å². The molecule has 0 fully saturated rings. The second kappa shape index (κ2) is 6.00. The van der Waals surface area contributed by atoms with Gasteiger partial charge in [0.15, 0.2) is 0 Å². The Labute approximate surface area is 103 Å². The molecule has 0 atom stereocenters. The Morgan fingerprint density at radius 1 is 1.59 bits per heavy atom. The van der Waals surface area contributed by atoms with Gasteiger partial charge >= 0.3 is 5.97 Å². The van der Waals surface area contributed by atoms with Crippen molar-refractivity contribution in [3.05, 3.63) is 51.1 Å². The Morgan fingerprint density at radius 2 is 2.29 bits per heavy atom. The van der Waals surface area contributed by atoms with E-state index in [9.17, 15) is 14.9 Å². The third-order valence-electron chi connectivity index (χ3n) is 1.93. The summed E-state index contributed by atoms with van der Waals surface area (Å²) in [4.78, 5) is 21.1. The molecule has 90 valence electrons. The van der Waals surface area contributed by atoms with E-state index in [1.807, 2.05) is 0 Å². The molecule has 0 heterocycles. The molecule has 17 heavy (non-hydrogen) atoms. The fourth-order valence-corrected chi connectivity index (χ4v) is 1.40. The molecule has 0 aliphatic rings. The summed E-state index contributed by atoms with van der Waals surface area (Å²) in [6.07, 6.45) is 2.79. The highest BCUT2D eigenvalue weighted by Crippen LogP contribution is 2.28. The fourth-order valence-electron chi connectivity index (χ4n) is 1.15. The maximum atomic E-state index is 11.1. The maximum Gasteiger partial charge on any atom is 0.330 e. The second-order valence-corrected chi connectivity index (χ2v) is 3.49. The number of esters is 1. The Hall–Kier alpha value is -1.88. The van der Waals surface area contributed by atoms with Gasteiger partial charge in [0.05, 0.1) is 4.92 Å². The molecule has 1 aromatic rings. The first-order chi connectivity index (χ1) is 8.06. The Bertz CT molecular complexity index is 471. The molecule has 0 N–H and O–H groups in total. The number of allylic oxidation sites excluding steroid dienone is 1. The zero-order chi connectivity index (χ0) is 12.8. The number of hydrogen-bond acceptors (Lipinski definition) is 4. The smallest absolute Gasteiger partial charge is 0.330 e. The highest BCUT2D eigenvalue weighted by molar-refractivity contribution is 6.33. The number of rotatable bonds is 4. The largest absolute Gasteiger partial charge is 0.458 e. The lowest BCUT2D eigenvalue weighted by Gasteiger charge is -2.04. The summed E-state index contributed by atoms with van der Waals surface area (Å²) < 4.78 is 4.85. The molecule has 0 saturated carbocycles. The number of nitrogens with zero attached hydrogens (tertiary/aromatic N) is 1. The molecular weight excluding hydrogens is 246 g/mol. The van der Waals surface area contributed by atoms with Crippen molar-refractivity contribution in [2.75, 3.05) is 0 Å².